The summed E-state index contributed by atoms with van der Waals surface area (Å²) in [5, 5.41) is 27.8. The second-order valence-corrected chi connectivity index (χ2v) is 9.55. The van der Waals surface area contributed by atoms with Crippen molar-refractivity contribution in [2.45, 2.75) is 56.1 Å². The van der Waals surface area contributed by atoms with Crippen molar-refractivity contribution in [2.24, 2.45) is 5.92 Å². The molecule has 7 nitrogen and oxygen atoms in total. The molecule has 2 heterocycles. The van der Waals surface area contributed by atoms with E-state index in [-0.39, 0.29) is 34.2 Å². The Morgan fingerprint density at radius 2 is 2.13 bits per heavy atom. The van der Waals surface area contributed by atoms with Gasteiger partial charge in [0.2, 0.25) is 5.43 Å². The summed E-state index contributed by atoms with van der Waals surface area (Å²) in [7, 11) is 1.97. The quantitative estimate of drug-likeness (QED) is 0.580. The predicted octanol–water partition coefficient (Wildman–Crippen LogP) is 2.84. The average molecular weight is 432 g/mol. The molecule has 4 atom stereocenters. The zero-order valence-electron chi connectivity index (χ0n) is 17.0. The number of aromatic nitrogens is 1. The Kier molecular flexibility index (Phi) is 4.44. The summed E-state index contributed by atoms with van der Waals surface area (Å²) in [6.07, 6.45) is 5.14. The lowest BCUT2D eigenvalue weighted by molar-refractivity contribution is 0.0695. The lowest BCUT2D eigenvalue weighted by Crippen LogP contribution is -2.31. The van der Waals surface area contributed by atoms with Crippen molar-refractivity contribution in [2.75, 3.05) is 13.6 Å². The van der Waals surface area contributed by atoms with Crippen molar-refractivity contribution in [3.63, 3.8) is 0 Å². The molecule has 4 N–H and O–H groups in total. The number of benzene rings is 1. The van der Waals surface area contributed by atoms with Gasteiger partial charge in [-0.05, 0) is 51.6 Å². The number of carbonyl (C=O) groups is 1. The molecule has 0 amide bonds. The Morgan fingerprint density at radius 1 is 1.40 bits per heavy atom. The minimum absolute atomic E-state index is 0.0247. The average Bonchev–Trinajstić information content (AvgIpc) is 3.60. The van der Waals surface area contributed by atoms with E-state index in [1.165, 1.54) is 12.3 Å². The summed E-state index contributed by atoms with van der Waals surface area (Å²) in [6.45, 7) is 3.09. The third-order valence-electron chi connectivity index (χ3n) is 7.37. The van der Waals surface area contributed by atoms with Gasteiger partial charge in [-0.1, -0.05) is 11.6 Å². The number of aromatic carboxylic acids is 1. The molecule has 3 unspecified atom stereocenters. The zero-order chi connectivity index (χ0) is 21.4. The van der Waals surface area contributed by atoms with Crippen molar-refractivity contribution in [1.29, 1.82) is 0 Å². The Hall–Kier alpha value is -2.09. The molecule has 1 aromatic carbocycles. The Labute approximate surface area is 179 Å². The van der Waals surface area contributed by atoms with E-state index in [9.17, 15) is 19.8 Å². The van der Waals surface area contributed by atoms with Gasteiger partial charge in [-0.3, -0.25) is 4.79 Å². The number of rotatable bonds is 5. The molecular formula is C22H26ClN3O4. The van der Waals surface area contributed by atoms with Gasteiger partial charge >= 0.3 is 5.97 Å². The number of carboxylic acid groups (broad SMARTS) is 1. The first-order valence-electron chi connectivity index (χ1n) is 10.5. The van der Waals surface area contributed by atoms with Gasteiger partial charge in [-0.25, -0.2) is 4.79 Å². The van der Waals surface area contributed by atoms with Crippen LogP contribution >= 0.6 is 11.6 Å². The van der Waals surface area contributed by atoms with E-state index in [0.29, 0.717) is 28.1 Å². The van der Waals surface area contributed by atoms with Crippen LogP contribution in [0.2, 0.25) is 5.02 Å². The van der Waals surface area contributed by atoms with Crippen molar-refractivity contribution < 1.29 is 15.0 Å². The largest absolute Gasteiger partial charge is 0.508 e. The minimum Gasteiger partial charge on any atom is -0.508 e. The number of halogens is 1. The molecule has 2 aliphatic carbocycles. The van der Waals surface area contributed by atoms with Crippen molar-refractivity contribution in [3.05, 3.63) is 38.6 Å². The summed E-state index contributed by atoms with van der Waals surface area (Å²) < 4.78 is 1.83. The van der Waals surface area contributed by atoms with Gasteiger partial charge in [0.1, 0.15) is 11.3 Å². The zero-order valence-corrected chi connectivity index (χ0v) is 17.8. The third-order valence-corrected chi connectivity index (χ3v) is 7.75. The molecule has 30 heavy (non-hydrogen) atoms. The van der Waals surface area contributed by atoms with Crippen molar-refractivity contribution in [1.82, 2.24) is 15.2 Å². The highest BCUT2D eigenvalue weighted by atomic mass is 35.5. The summed E-state index contributed by atoms with van der Waals surface area (Å²) in [5.41, 5.74) is 0.247. The van der Waals surface area contributed by atoms with E-state index >= 15 is 0 Å². The number of carboxylic acids is 1. The van der Waals surface area contributed by atoms with Crippen LogP contribution < -0.4 is 16.1 Å². The van der Waals surface area contributed by atoms with Crippen LogP contribution in [0.3, 0.4) is 0 Å². The molecule has 1 aromatic heterocycles. The van der Waals surface area contributed by atoms with E-state index in [2.05, 4.69) is 17.6 Å². The number of pyridine rings is 1. The summed E-state index contributed by atoms with van der Waals surface area (Å²) in [5.74, 6) is -0.713. The molecule has 5 rings (SSSR count). The van der Waals surface area contributed by atoms with Crippen LogP contribution in [0.15, 0.2) is 17.1 Å². The van der Waals surface area contributed by atoms with E-state index in [1.54, 1.807) is 0 Å². The fourth-order valence-corrected chi connectivity index (χ4v) is 5.67. The molecule has 160 valence electrons. The van der Waals surface area contributed by atoms with Gasteiger partial charge in [-0.15, -0.1) is 0 Å². The predicted molar refractivity (Wildman–Crippen MR) is 115 cm³/mol. The number of hydrogen-bond donors (Lipinski definition) is 4. The molecule has 3 aliphatic rings. The topological polar surface area (TPSA) is 104 Å². The lowest BCUT2D eigenvalue weighted by Gasteiger charge is -2.19. The maximum Gasteiger partial charge on any atom is 0.341 e. The normalized spacial score (nSPS) is 28.9. The molecule has 3 fully saturated rings. The highest BCUT2D eigenvalue weighted by Crippen LogP contribution is 2.61. The number of nitrogens with zero attached hydrogens (tertiary/aromatic N) is 1. The van der Waals surface area contributed by atoms with Gasteiger partial charge in [-0.2, -0.15) is 0 Å². The van der Waals surface area contributed by atoms with Crippen LogP contribution in [-0.2, 0) is 0 Å². The molecule has 0 radical (unpaired) electrons. The van der Waals surface area contributed by atoms with Gasteiger partial charge in [0.25, 0.3) is 0 Å². The van der Waals surface area contributed by atoms with Crippen LogP contribution in [0.1, 0.15) is 60.5 Å². The highest BCUT2D eigenvalue weighted by Gasteiger charge is 2.60. The molecule has 2 saturated carbocycles. The summed E-state index contributed by atoms with van der Waals surface area (Å²) in [4.78, 5) is 24.4. The summed E-state index contributed by atoms with van der Waals surface area (Å²) >= 11 is 6.84. The maximum atomic E-state index is 12.8. The van der Waals surface area contributed by atoms with Crippen LogP contribution in [0.4, 0.5) is 0 Å². The monoisotopic (exact) mass is 431 g/mol. The molecule has 8 heteroatoms. The number of nitrogens with one attached hydrogen (secondary N) is 2. The molecule has 0 bridgehead atoms. The molecule has 1 saturated heterocycles. The van der Waals surface area contributed by atoms with E-state index in [1.807, 2.05) is 11.6 Å². The van der Waals surface area contributed by atoms with E-state index in [4.69, 9.17) is 11.6 Å². The lowest BCUT2D eigenvalue weighted by atomic mass is 9.94. The third kappa shape index (κ3) is 2.87. The fraction of sp³-hybridized carbons (Fsp3) is 0.545. The first-order valence-corrected chi connectivity index (χ1v) is 10.9. The SMILES string of the molecule is CN[C@@H](C)C1CNC2(C1)CC2c1c(O)cc2c(=O)c(C(=O)O)cn(C3CC3)c2c1Cl. The van der Waals surface area contributed by atoms with Gasteiger partial charge in [0.15, 0.2) is 0 Å². The molecule has 2 aromatic rings. The van der Waals surface area contributed by atoms with E-state index < -0.39 is 11.4 Å². The first kappa shape index (κ1) is 19.8. The number of phenols is 1. The molecule has 1 spiro atoms. The van der Waals surface area contributed by atoms with Crippen LogP contribution in [-0.4, -0.2) is 45.9 Å². The van der Waals surface area contributed by atoms with Crippen LogP contribution in [0.25, 0.3) is 10.9 Å². The summed E-state index contributed by atoms with van der Waals surface area (Å²) in [6, 6.07) is 1.95. The standard InChI is InChI=1S/C22H26ClN3O4/c1-10(24-2)11-6-22(25-8-11)7-15(22)17-16(27)5-13-19(18(17)23)26(12-3-4-12)9-14(20(13)28)21(29)30/h5,9-12,15,24-25,27H,3-4,6-8H2,1-2H3,(H,29,30)/t10-,11?,15?,22?/m0/s1. The smallest absolute Gasteiger partial charge is 0.341 e. The van der Waals surface area contributed by atoms with Gasteiger partial charge in [0.05, 0.1) is 15.9 Å². The number of fused-ring (bicyclic) bond motifs is 1. The fourth-order valence-electron chi connectivity index (χ4n) is 5.24. The Bertz CT molecular complexity index is 1130. The number of aromatic hydroxyl groups is 1. The number of hydrogen-bond acceptors (Lipinski definition) is 5. The molecular weight excluding hydrogens is 406 g/mol. The highest BCUT2D eigenvalue weighted by molar-refractivity contribution is 6.36. The second kappa shape index (κ2) is 6.70. The van der Waals surface area contributed by atoms with Crippen molar-refractivity contribution in [3.8, 4) is 5.75 Å². The Balaban J connectivity index is 1.62. The van der Waals surface area contributed by atoms with E-state index in [0.717, 1.165) is 32.2 Å². The van der Waals surface area contributed by atoms with Gasteiger partial charge < -0.3 is 25.4 Å². The first-order chi connectivity index (χ1) is 14.3. The Morgan fingerprint density at radius 3 is 2.77 bits per heavy atom. The van der Waals surface area contributed by atoms with Gasteiger partial charge in [0, 0.05) is 41.8 Å². The maximum absolute atomic E-state index is 12.8. The number of phenolic OH excluding ortho intramolecular Hbond substituents is 1. The van der Waals surface area contributed by atoms with Crippen molar-refractivity contribution >= 4 is 28.5 Å². The molecule has 1 aliphatic heterocycles. The second-order valence-electron chi connectivity index (χ2n) is 9.17. The minimum atomic E-state index is -1.27. The van der Waals surface area contributed by atoms with Crippen LogP contribution in [0, 0.1) is 5.92 Å². The van der Waals surface area contributed by atoms with Crippen LogP contribution in [0.5, 0.6) is 5.75 Å².